The Morgan fingerprint density at radius 1 is 1.25 bits per heavy atom. The summed E-state index contributed by atoms with van der Waals surface area (Å²) in [6.07, 6.45) is 0.527. The average Bonchev–Trinajstić information content (AvgIpc) is 2.91. The van der Waals surface area contributed by atoms with E-state index >= 15 is 0 Å². The molecule has 6 nitrogen and oxygen atoms in total. The van der Waals surface area contributed by atoms with Crippen molar-refractivity contribution in [3.8, 4) is 5.75 Å². The number of nitrogens with zero attached hydrogens (tertiary/aromatic N) is 1. The molecule has 1 fully saturated rings. The summed E-state index contributed by atoms with van der Waals surface area (Å²) >= 11 is 0. The van der Waals surface area contributed by atoms with E-state index < -0.39 is 23.3 Å². The predicted molar refractivity (Wildman–Crippen MR) is 91.0 cm³/mol. The summed E-state index contributed by atoms with van der Waals surface area (Å²) < 4.78 is 10.7. The first-order valence-electron chi connectivity index (χ1n) is 8.26. The number of carbonyl (C=O) groups is 2. The number of nitrogens with one attached hydrogen (secondary N) is 1. The Morgan fingerprint density at radius 2 is 1.92 bits per heavy atom. The van der Waals surface area contributed by atoms with Crippen LogP contribution in [0.25, 0.3) is 0 Å². The molecule has 1 aromatic carbocycles. The molecule has 0 radical (unpaired) electrons. The monoisotopic (exact) mass is 334 g/mol. The predicted octanol–water partition coefficient (Wildman–Crippen LogP) is 3.56. The van der Waals surface area contributed by atoms with Crippen molar-refractivity contribution in [3.05, 3.63) is 30.3 Å². The van der Waals surface area contributed by atoms with E-state index in [0.29, 0.717) is 31.7 Å². The van der Waals surface area contributed by atoms with Crippen molar-refractivity contribution >= 4 is 12.2 Å². The summed E-state index contributed by atoms with van der Waals surface area (Å²) in [5.74, 6) is 0.511. The number of rotatable bonds is 3. The van der Waals surface area contributed by atoms with Crippen LogP contribution in [0.4, 0.5) is 9.59 Å². The van der Waals surface area contributed by atoms with Crippen molar-refractivity contribution in [1.82, 2.24) is 10.2 Å². The first kappa shape index (κ1) is 18.1. The molecular formula is C18H26N2O4. The van der Waals surface area contributed by atoms with Gasteiger partial charge in [0.15, 0.2) is 0 Å². The van der Waals surface area contributed by atoms with Gasteiger partial charge >= 0.3 is 12.2 Å². The minimum atomic E-state index is -0.552. The van der Waals surface area contributed by atoms with Crippen molar-refractivity contribution in [2.75, 3.05) is 13.1 Å². The number of hydrogen-bond acceptors (Lipinski definition) is 4. The first-order chi connectivity index (χ1) is 11.2. The lowest BCUT2D eigenvalue weighted by Crippen LogP contribution is -2.52. The second-order valence-corrected chi connectivity index (χ2v) is 7.11. The molecule has 24 heavy (non-hydrogen) atoms. The summed E-state index contributed by atoms with van der Waals surface area (Å²) in [7, 11) is 0. The molecular weight excluding hydrogens is 308 g/mol. The topological polar surface area (TPSA) is 67.9 Å². The zero-order valence-corrected chi connectivity index (χ0v) is 14.8. The standard InChI is InChI=1S/C18H26N2O4/c1-5-18(19-15(21)24-17(2,3)4)11-12-20(13-18)16(22)23-14-9-7-6-8-10-14/h6-10H,5,11-13H2,1-4H3,(H,19,21). The summed E-state index contributed by atoms with van der Waals surface area (Å²) in [6.45, 7) is 8.41. The maximum atomic E-state index is 12.3. The van der Waals surface area contributed by atoms with E-state index in [0.717, 1.165) is 0 Å². The van der Waals surface area contributed by atoms with Crippen molar-refractivity contribution in [2.45, 2.75) is 51.7 Å². The molecule has 0 aliphatic carbocycles. The van der Waals surface area contributed by atoms with Gasteiger partial charge in [-0.3, -0.25) is 0 Å². The minimum Gasteiger partial charge on any atom is -0.444 e. The number of alkyl carbamates (subject to hydrolysis) is 1. The fraction of sp³-hybridized carbons (Fsp3) is 0.556. The fourth-order valence-electron chi connectivity index (χ4n) is 2.68. The second-order valence-electron chi connectivity index (χ2n) is 7.11. The lowest BCUT2D eigenvalue weighted by molar-refractivity contribution is 0.0453. The zero-order valence-electron chi connectivity index (χ0n) is 14.8. The van der Waals surface area contributed by atoms with Crippen LogP contribution in [0.5, 0.6) is 5.75 Å². The third kappa shape index (κ3) is 4.88. The number of likely N-dealkylation sites (tertiary alicyclic amines) is 1. The highest BCUT2D eigenvalue weighted by atomic mass is 16.6. The summed E-state index contributed by atoms with van der Waals surface area (Å²) in [6, 6.07) is 8.96. The van der Waals surface area contributed by atoms with Crippen LogP contribution in [-0.4, -0.2) is 41.3 Å². The molecule has 1 saturated heterocycles. The molecule has 1 atom stereocenters. The number of amides is 2. The van der Waals surface area contributed by atoms with Crippen LogP contribution < -0.4 is 10.1 Å². The number of para-hydroxylation sites is 1. The van der Waals surface area contributed by atoms with Gasteiger partial charge in [-0.1, -0.05) is 25.1 Å². The van der Waals surface area contributed by atoms with Crippen LogP contribution in [0.3, 0.4) is 0 Å². The number of hydrogen-bond donors (Lipinski definition) is 1. The molecule has 1 aliphatic rings. The molecule has 1 N–H and O–H groups in total. The van der Waals surface area contributed by atoms with Gasteiger partial charge in [0.05, 0.1) is 5.54 Å². The van der Waals surface area contributed by atoms with Gasteiger partial charge in [0.25, 0.3) is 0 Å². The molecule has 2 rings (SSSR count). The van der Waals surface area contributed by atoms with Crippen LogP contribution >= 0.6 is 0 Å². The van der Waals surface area contributed by atoms with Gasteiger partial charge in [0.2, 0.25) is 0 Å². The fourth-order valence-corrected chi connectivity index (χ4v) is 2.68. The largest absolute Gasteiger partial charge is 0.444 e. The third-order valence-electron chi connectivity index (χ3n) is 4.00. The molecule has 6 heteroatoms. The molecule has 132 valence electrons. The summed E-state index contributed by atoms with van der Waals surface area (Å²) in [5, 5.41) is 2.94. The highest BCUT2D eigenvalue weighted by molar-refractivity contribution is 5.72. The van der Waals surface area contributed by atoms with Crippen LogP contribution in [-0.2, 0) is 4.74 Å². The number of benzene rings is 1. The van der Waals surface area contributed by atoms with Gasteiger partial charge in [-0.15, -0.1) is 0 Å². The zero-order chi connectivity index (χ0) is 17.8. The Morgan fingerprint density at radius 3 is 2.50 bits per heavy atom. The SMILES string of the molecule is CCC1(NC(=O)OC(C)(C)C)CCN(C(=O)Oc2ccccc2)C1. The van der Waals surface area contributed by atoms with E-state index in [1.807, 2.05) is 45.9 Å². The number of ether oxygens (including phenoxy) is 2. The Labute approximate surface area is 143 Å². The summed E-state index contributed by atoms with van der Waals surface area (Å²) in [4.78, 5) is 26.0. The highest BCUT2D eigenvalue weighted by Crippen LogP contribution is 2.26. The van der Waals surface area contributed by atoms with E-state index in [-0.39, 0.29) is 0 Å². The molecule has 2 amide bonds. The number of carbonyl (C=O) groups excluding carboxylic acids is 2. The van der Waals surface area contributed by atoms with E-state index in [1.54, 1.807) is 17.0 Å². The van der Waals surface area contributed by atoms with E-state index in [4.69, 9.17) is 9.47 Å². The van der Waals surface area contributed by atoms with E-state index in [9.17, 15) is 9.59 Å². The Balaban J connectivity index is 1.95. The lowest BCUT2D eigenvalue weighted by atomic mass is 9.95. The molecule has 1 unspecified atom stereocenters. The molecule has 1 aromatic rings. The highest BCUT2D eigenvalue weighted by Gasteiger charge is 2.41. The lowest BCUT2D eigenvalue weighted by Gasteiger charge is -2.30. The van der Waals surface area contributed by atoms with Crippen LogP contribution in [0.2, 0.25) is 0 Å². The Kier molecular flexibility index (Phi) is 5.36. The Hall–Kier alpha value is -2.24. The van der Waals surface area contributed by atoms with Gasteiger partial charge in [-0.05, 0) is 45.7 Å². The minimum absolute atomic E-state index is 0.400. The second kappa shape index (κ2) is 7.11. The van der Waals surface area contributed by atoms with Crippen LogP contribution in [0.1, 0.15) is 40.5 Å². The molecule has 0 saturated carbocycles. The summed E-state index contributed by atoms with van der Waals surface area (Å²) in [5.41, 5.74) is -1.03. The van der Waals surface area contributed by atoms with Gasteiger partial charge in [-0.2, -0.15) is 0 Å². The van der Waals surface area contributed by atoms with Crippen molar-refractivity contribution in [2.24, 2.45) is 0 Å². The maximum absolute atomic E-state index is 12.3. The van der Waals surface area contributed by atoms with Crippen LogP contribution in [0, 0.1) is 0 Å². The molecule has 0 spiro atoms. The third-order valence-corrected chi connectivity index (χ3v) is 4.00. The van der Waals surface area contributed by atoms with E-state index in [1.165, 1.54) is 0 Å². The first-order valence-corrected chi connectivity index (χ1v) is 8.26. The van der Waals surface area contributed by atoms with Crippen molar-refractivity contribution in [3.63, 3.8) is 0 Å². The van der Waals surface area contributed by atoms with Gasteiger partial charge < -0.3 is 19.7 Å². The Bertz CT molecular complexity index is 582. The molecule has 0 bridgehead atoms. The van der Waals surface area contributed by atoms with Crippen molar-refractivity contribution < 1.29 is 19.1 Å². The van der Waals surface area contributed by atoms with Crippen molar-refractivity contribution in [1.29, 1.82) is 0 Å². The van der Waals surface area contributed by atoms with Gasteiger partial charge in [0.1, 0.15) is 11.4 Å². The molecule has 1 aliphatic heterocycles. The van der Waals surface area contributed by atoms with Gasteiger partial charge in [0, 0.05) is 13.1 Å². The molecule has 1 heterocycles. The average molecular weight is 334 g/mol. The smallest absolute Gasteiger partial charge is 0.415 e. The quantitative estimate of drug-likeness (QED) is 0.917. The maximum Gasteiger partial charge on any atom is 0.415 e. The van der Waals surface area contributed by atoms with E-state index in [2.05, 4.69) is 5.32 Å². The molecule has 0 aromatic heterocycles. The normalized spacial score (nSPS) is 20.6. The van der Waals surface area contributed by atoms with Crippen LogP contribution in [0.15, 0.2) is 30.3 Å². The van der Waals surface area contributed by atoms with Gasteiger partial charge in [-0.25, -0.2) is 9.59 Å².